The van der Waals surface area contributed by atoms with Crippen molar-refractivity contribution in [3.63, 3.8) is 0 Å². The van der Waals surface area contributed by atoms with E-state index in [0.29, 0.717) is 0 Å². The van der Waals surface area contributed by atoms with Gasteiger partial charge < -0.3 is 15.2 Å². The van der Waals surface area contributed by atoms with Gasteiger partial charge in [0.1, 0.15) is 5.75 Å². The van der Waals surface area contributed by atoms with Crippen molar-refractivity contribution in [1.29, 1.82) is 0 Å². The second-order valence-corrected chi connectivity index (χ2v) is 7.14. The second-order valence-electron chi connectivity index (χ2n) is 6.22. The lowest BCUT2D eigenvalue weighted by molar-refractivity contribution is 0.0292. The maximum Gasteiger partial charge on any atom is 0.123 e. The van der Waals surface area contributed by atoms with Crippen LogP contribution in [-0.2, 0) is 0 Å². The standard InChI is InChI=1S/C16H25BrN2O2/c1-16(2,11-20)15(19-8-6-18-7-9-19)13-10-12(17)4-5-14(13)21-3/h4-5,10,15,18,20H,6-9,11H2,1-3H3/t15-/m1/s1. The number of hydrogen-bond acceptors (Lipinski definition) is 4. The number of piperazine rings is 1. The van der Waals surface area contributed by atoms with Crippen LogP contribution in [0.15, 0.2) is 22.7 Å². The Kier molecular flexibility index (Phi) is 5.66. The van der Waals surface area contributed by atoms with Gasteiger partial charge in [-0.2, -0.15) is 0 Å². The van der Waals surface area contributed by atoms with Crippen molar-refractivity contribution < 1.29 is 9.84 Å². The van der Waals surface area contributed by atoms with E-state index in [0.717, 1.165) is 42.0 Å². The minimum absolute atomic E-state index is 0.122. The summed E-state index contributed by atoms with van der Waals surface area (Å²) in [6.07, 6.45) is 0. The van der Waals surface area contributed by atoms with Crippen LogP contribution < -0.4 is 10.1 Å². The lowest BCUT2D eigenvalue weighted by Crippen LogP contribution is -2.49. The third-order valence-corrected chi connectivity index (χ3v) is 4.64. The van der Waals surface area contributed by atoms with Gasteiger partial charge in [-0.3, -0.25) is 4.90 Å². The Morgan fingerprint density at radius 2 is 2.05 bits per heavy atom. The van der Waals surface area contributed by atoms with Crippen LogP contribution in [0.5, 0.6) is 5.75 Å². The highest BCUT2D eigenvalue weighted by atomic mass is 79.9. The third kappa shape index (κ3) is 3.77. The zero-order valence-electron chi connectivity index (χ0n) is 13.0. The summed E-state index contributed by atoms with van der Waals surface area (Å²) in [6.45, 7) is 8.27. The Bertz CT molecular complexity index is 473. The molecule has 0 amide bonds. The fourth-order valence-electron chi connectivity index (χ4n) is 3.06. The van der Waals surface area contributed by atoms with E-state index >= 15 is 0 Å². The van der Waals surface area contributed by atoms with Crippen molar-refractivity contribution in [1.82, 2.24) is 10.2 Å². The van der Waals surface area contributed by atoms with Crippen LogP contribution in [0.3, 0.4) is 0 Å². The van der Waals surface area contributed by atoms with Gasteiger partial charge in [0.05, 0.1) is 7.11 Å². The highest BCUT2D eigenvalue weighted by Gasteiger charge is 2.37. The molecule has 0 bridgehead atoms. The Labute approximate surface area is 135 Å². The minimum atomic E-state index is -0.245. The zero-order valence-corrected chi connectivity index (χ0v) is 14.6. The lowest BCUT2D eigenvalue weighted by Gasteiger charge is -2.43. The number of aliphatic hydroxyl groups is 1. The van der Waals surface area contributed by atoms with Gasteiger partial charge in [-0.05, 0) is 18.2 Å². The van der Waals surface area contributed by atoms with Crippen LogP contribution in [0.2, 0.25) is 0 Å². The summed E-state index contributed by atoms with van der Waals surface area (Å²) in [4.78, 5) is 2.44. The number of halogens is 1. The van der Waals surface area contributed by atoms with Crippen molar-refractivity contribution in [3.8, 4) is 5.75 Å². The number of nitrogens with zero attached hydrogens (tertiary/aromatic N) is 1. The van der Waals surface area contributed by atoms with Gasteiger partial charge in [0.25, 0.3) is 0 Å². The van der Waals surface area contributed by atoms with Gasteiger partial charge in [-0.1, -0.05) is 29.8 Å². The molecule has 0 radical (unpaired) electrons. The molecule has 2 N–H and O–H groups in total. The molecule has 1 aliphatic heterocycles. The molecule has 4 nitrogen and oxygen atoms in total. The summed E-state index contributed by atoms with van der Waals surface area (Å²) in [6, 6.07) is 6.21. The Morgan fingerprint density at radius 3 is 2.62 bits per heavy atom. The Morgan fingerprint density at radius 1 is 1.38 bits per heavy atom. The number of benzene rings is 1. The molecule has 0 spiro atoms. The Balaban J connectivity index is 2.46. The first-order valence-corrected chi connectivity index (χ1v) is 8.18. The largest absolute Gasteiger partial charge is 0.496 e. The fourth-order valence-corrected chi connectivity index (χ4v) is 3.44. The molecule has 21 heavy (non-hydrogen) atoms. The molecule has 1 saturated heterocycles. The van der Waals surface area contributed by atoms with Gasteiger partial charge in [0.2, 0.25) is 0 Å². The summed E-state index contributed by atoms with van der Waals surface area (Å²) in [5, 5.41) is 13.3. The number of nitrogens with one attached hydrogen (secondary N) is 1. The molecular weight excluding hydrogens is 332 g/mol. The number of hydrogen-bond donors (Lipinski definition) is 2. The van der Waals surface area contributed by atoms with E-state index in [4.69, 9.17) is 4.74 Å². The van der Waals surface area contributed by atoms with Gasteiger partial charge >= 0.3 is 0 Å². The van der Waals surface area contributed by atoms with Crippen LogP contribution in [-0.4, -0.2) is 49.9 Å². The first kappa shape index (κ1) is 16.7. The molecule has 118 valence electrons. The zero-order chi connectivity index (χ0) is 15.5. The normalized spacial score (nSPS) is 18.5. The van der Waals surface area contributed by atoms with Crippen LogP contribution in [0.1, 0.15) is 25.5 Å². The third-order valence-electron chi connectivity index (χ3n) is 4.15. The molecule has 5 heteroatoms. The molecule has 0 unspecified atom stereocenters. The van der Waals surface area contributed by atoms with Gasteiger partial charge in [-0.15, -0.1) is 0 Å². The van der Waals surface area contributed by atoms with E-state index in [1.165, 1.54) is 0 Å². The van der Waals surface area contributed by atoms with E-state index in [-0.39, 0.29) is 18.1 Å². The highest BCUT2D eigenvalue weighted by Crippen LogP contribution is 2.42. The topological polar surface area (TPSA) is 44.7 Å². The molecule has 1 atom stereocenters. The summed E-state index contributed by atoms with van der Waals surface area (Å²) in [5.41, 5.74) is 0.888. The maximum atomic E-state index is 9.89. The summed E-state index contributed by atoms with van der Waals surface area (Å²) >= 11 is 3.56. The fraction of sp³-hybridized carbons (Fsp3) is 0.625. The number of rotatable bonds is 5. The molecule has 0 saturated carbocycles. The molecule has 1 aromatic carbocycles. The minimum Gasteiger partial charge on any atom is -0.496 e. The van der Waals surface area contributed by atoms with Crippen LogP contribution in [0, 0.1) is 5.41 Å². The van der Waals surface area contributed by atoms with Crippen LogP contribution in [0.4, 0.5) is 0 Å². The van der Waals surface area contributed by atoms with E-state index in [1.54, 1.807) is 7.11 Å². The first-order chi connectivity index (χ1) is 9.99. The highest BCUT2D eigenvalue weighted by molar-refractivity contribution is 9.10. The molecule has 1 fully saturated rings. The Hall–Kier alpha value is -0.620. The predicted molar refractivity (Wildman–Crippen MR) is 88.7 cm³/mol. The van der Waals surface area contributed by atoms with Gasteiger partial charge in [0.15, 0.2) is 0 Å². The van der Waals surface area contributed by atoms with E-state index in [2.05, 4.69) is 46.1 Å². The van der Waals surface area contributed by atoms with Crippen molar-refractivity contribution in [2.75, 3.05) is 39.9 Å². The van der Waals surface area contributed by atoms with E-state index < -0.39 is 0 Å². The summed E-state index contributed by atoms with van der Waals surface area (Å²) in [7, 11) is 1.70. The molecule has 1 heterocycles. The maximum absolute atomic E-state index is 9.89. The SMILES string of the molecule is COc1ccc(Br)cc1[C@@H](N1CCNCC1)C(C)(C)CO. The van der Waals surface area contributed by atoms with E-state index in [9.17, 15) is 5.11 Å². The molecule has 1 aromatic rings. The summed E-state index contributed by atoms with van der Waals surface area (Å²) in [5.74, 6) is 0.878. The van der Waals surface area contributed by atoms with E-state index in [1.807, 2.05) is 12.1 Å². The van der Waals surface area contributed by atoms with Gasteiger partial charge in [-0.25, -0.2) is 0 Å². The molecule has 2 rings (SSSR count). The average Bonchev–Trinajstić information content (AvgIpc) is 2.48. The van der Waals surface area contributed by atoms with Crippen LogP contribution >= 0.6 is 15.9 Å². The quantitative estimate of drug-likeness (QED) is 0.850. The van der Waals surface area contributed by atoms with Crippen molar-refractivity contribution in [3.05, 3.63) is 28.2 Å². The van der Waals surface area contributed by atoms with Crippen molar-refractivity contribution in [2.24, 2.45) is 5.41 Å². The van der Waals surface area contributed by atoms with Crippen LogP contribution in [0.25, 0.3) is 0 Å². The van der Waals surface area contributed by atoms with Gasteiger partial charge in [0, 0.05) is 54.3 Å². The molecular formula is C16H25BrN2O2. The molecule has 1 aliphatic rings. The average molecular weight is 357 g/mol. The molecule has 0 aromatic heterocycles. The van der Waals surface area contributed by atoms with Crippen molar-refractivity contribution >= 4 is 15.9 Å². The number of ether oxygens (including phenoxy) is 1. The lowest BCUT2D eigenvalue weighted by atomic mass is 9.79. The number of aliphatic hydroxyl groups excluding tert-OH is 1. The smallest absolute Gasteiger partial charge is 0.123 e. The van der Waals surface area contributed by atoms with Crippen molar-refractivity contribution in [2.45, 2.75) is 19.9 Å². The first-order valence-electron chi connectivity index (χ1n) is 7.38. The molecule has 0 aliphatic carbocycles. The second kappa shape index (κ2) is 7.09. The monoisotopic (exact) mass is 356 g/mol. The predicted octanol–water partition coefficient (Wildman–Crippen LogP) is 2.42. The number of methoxy groups -OCH3 is 1. The summed E-state index contributed by atoms with van der Waals surface area (Å²) < 4.78 is 6.60.